The van der Waals surface area contributed by atoms with Gasteiger partial charge in [0.1, 0.15) is 0 Å². The minimum atomic E-state index is -0.132. The quantitative estimate of drug-likeness (QED) is 0.0735. The molecule has 294 valence electrons. The zero-order valence-electron chi connectivity index (χ0n) is 33.6. The number of hydrogen-bond acceptors (Lipinski definition) is 6. The summed E-state index contributed by atoms with van der Waals surface area (Å²) < 4.78 is 10.0. The topological polar surface area (TPSA) is 98.0 Å². The molecule has 0 spiro atoms. The van der Waals surface area contributed by atoms with Crippen LogP contribution < -0.4 is 16.0 Å². The highest BCUT2D eigenvalue weighted by atomic mass is 16.5. The van der Waals surface area contributed by atoms with E-state index < -0.39 is 0 Å². The van der Waals surface area contributed by atoms with Gasteiger partial charge in [0.15, 0.2) is 0 Å². The zero-order chi connectivity index (χ0) is 38.8. The Labute approximate surface area is 329 Å². The van der Waals surface area contributed by atoms with E-state index in [1.54, 1.807) is 0 Å². The molecule has 0 unspecified atom stereocenters. The van der Waals surface area contributed by atoms with Gasteiger partial charge in [0, 0.05) is 60.6 Å². The Morgan fingerprint density at radius 1 is 0.709 bits per heavy atom. The number of hydrogen-bond donors (Lipinski definition) is 3. The first-order valence-corrected chi connectivity index (χ1v) is 20.2. The number of benzene rings is 3. The standard InChI is InChI=1S/C24H31N3O.C22H32N4O/c1-24(2,26-14-6-16-27-17-15-25-20-27)23-11-9-21(10-12-23)13-18-28-19-22-7-4-3-5-8-22;1-22(2,24-13-6-15-26-16-14-23-17-26)19-11-9-18(10-12-19)21(27)25-20-7-4-3-5-8-20/h3-5,7-12,15,17,20,26H,6,13-14,16,18-19H2,1-2H3;9-12,14,16-17,20,24H,3-8,13,15H2,1-2H3,(H,25,27). The molecular weight excluding hydrogens is 683 g/mol. The SMILES string of the molecule is CC(C)(NCCCn1ccnc1)c1ccc(C(=O)NC2CCCCC2)cc1.CC(C)(NCCCn1ccnc1)c1ccc(CCOCc2ccccc2)cc1. The van der Waals surface area contributed by atoms with Crippen LogP contribution in [0.4, 0.5) is 0 Å². The third kappa shape index (κ3) is 14.2. The van der Waals surface area contributed by atoms with Crippen molar-refractivity contribution in [3.05, 3.63) is 144 Å². The smallest absolute Gasteiger partial charge is 0.251 e. The number of carbonyl (C=O) groups is 1. The summed E-state index contributed by atoms with van der Waals surface area (Å²) in [4.78, 5) is 20.6. The molecule has 55 heavy (non-hydrogen) atoms. The Bertz CT molecular complexity index is 1760. The van der Waals surface area contributed by atoms with Crippen LogP contribution >= 0.6 is 0 Å². The van der Waals surface area contributed by atoms with E-state index in [4.69, 9.17) is 4.74 Å². The van der Waals surface area contributed by atoms with Gasteiger partial charge < -0.3 is 29.8 Å². The van der Waals surface area contributed by atoms with Crippen molar-refractivity contribution in [3.8, 4) is 0 Å². The van der Waals surface area contributed by atoms with Crippen molar-refractivity contribution in [2.45, 2.75) is 116 Å². The second-order valence-corrected chi connectivity index (χ2v) is 15.8. The first-order valence-electron chi connectivity index (χ1n) is 20.2. The molecule has 2 aromatic heterocycles. The van der Waals surface area contributed by atoms with Gasteiger partial charge in [-0.05, 0) is 107 Å². The predicted octanol–water partition coefficient (Wildman–Crippen LogP) is 8.42. The third-order valence-electron chi connectivity index (χ3n) is 10.6. The van der Waals surface area contributed by atoms with Gasteiger partial charge in [-0.1, -0.05) is 86.0 Å². The Hall–Kier alpha value is -4.57. The van der Waals surface area contributed by atoms with Crippen molar-refractivity contribution in [3.63, 3.8) is 0 Å². The van der Waals surface area contributed by atoms with Crippen molar-refractivity contribution in [2.75, 3.05) is 19.7 Å². The highest BCUT2D eigenvalue weighted by Crippen LogP contribution is 2.23. The fourth-order valence-corrected chi connectivity index (χ4v) is 6.96. The molecule has 3 N–H and O–H groups in total. The zero-order valence-corrected chi connectivity index (χ0v) is 33.6. The van der Waals surface area contributed by atoms with Crippen LogP contribution in [0.3, 0.4) is 0 Å². The Kier molecular flexibility index (Phi) is 16.3. The van der Waals surface area contributed by atoms with Gasteiger partial charge in [-0.2, -0.15) is 0 Å². The molecule has 3 aromatic carbocycles. The summed E-state index contributed by atoms with van der Waals surface area (Å²) in [7, 11) is 0. The number of imidazole rings is 2. The molecular formula is C46H63N7O2. The van der Waals surface area contributed by atoms with Gasteiger partial charge in [0.25, 0.3) is 5.91 Å². The van der Waals surface area contributed by atoms with Gasteiger partial charge in [0.05, 0.1) is 25.9 Å². The molecule has 9 heteroatoms. The molecule has 0 bridgehead atoms. The van der Waals surface area contributed by atoms with E-state index in [0.717, 1.165) is 70.5 Å². The van der Waals surface area contributed by atoms with E-state index in [1.807, 2.05) is 67.8 Å². The van der Waals surface area contributed by atoms with Crippen molar-refractivity contribution in [1.82, 2.24) is 35.1 Å². The summed E-state index contributed by atoms with van der Waals surface area (Å²) >= 11 is 0. The van der Waals surface area contributed by atoms with Crippen LogP contribution in [0, 0.1) is 0 Å². The lowest BCUT2D eigenvalue weighted by atomic mass is 9.92. The second kappa shape index (κ2) is 21.5. The molecule has 1 aliphatic rings. The van der Waals surface area contributed by atoms with E-state index in [0.29, 0.717) is 12.6 Å². The molecule has 1 saturated carbocycles. The van der Waals surface area contributed by atoms with E-state index >= 15 is 0 Å². The van der Waals surface area contributed by atoms with Crippen LogP contribution in [0.5, 0.6) is 0 Å². The predicted molar refractivity (Wildman–Crippen MR) is 223 cm³/mol. The highest BCUT2D eigenvalue weighted by Gasteiger charge is 2.21. The molecule has 0 atom stereocenters. The molecule has 2 heterocycles. The number of nitrogens with one attached hydrogen (secondary N) is 3. The number of amides is 1. The van der Waals surface area contributed by atoms with Crippen LogP contribution in [0.25, 0.3) is 0 Å². The summed E-state index contributed by atoms with van der Waals surface area (Å²) in [6.45, 7) is 14.1. The van der Waals surface area contributed by atoms with E-state index in [1.165, 1.54) is 41.5 Å². The lowest BCUT2D eigenvalue weighted by Gasteiger charge is -2.27. The maximum atomic E-state index is 12.5. The largest absolute Gasteiger partial charge is 0.376 e. The fourth-order valence-electron chi connectivity index (χ4n) is 6.96. The average Bonchev–Trinajstić information content (AvgIpc) is 3.94. The number of aromatic nitrogens is 4. The van der Waals surface area contributed by atoms with Crippen molar-refractivity contribution in [1.29, 1.82) is 0 Å². The van der Waals surface area contributed by atoms with Crippen LogP contribution in [0.2, 0.25) is 0 Å². The minimum Gasteiger partial charge on any atom is -0.376 e. The Morgan fingerprint density at radius 3 is 1.78 bits per heavy atom. The van der Waals surface area contributed by atoms with Crippen LogP contribution in [0.1, 0.15) is 105 Å². The number of rotatable bonds is 19. The number of carbonyl (C=O) groups excluding carboxylic acids is 1. The first-order chi connectivity index (χ1) is 26.7. The number of ether oxygens (including phenoxy) is 1. The third-order valence-corrected chi connectivity index (χ3v) is 10.6. The van der Waals surface area contributed by atoms with E-state index in [-0.39, 0.29) is 17.0 Å². The number of aryl methyl sites for hydroxylation is 2. The van der Waals surface area contributed by atoms with Crippen molar-refractivity contribution < 1.29 is 9.53 Å². The van der Waals surface area contributed by atoms with Gasteiger partial charge in [-0.3, -0.25) is 4.79 Å². The molecule has 5 aromatic rings. The van der Waals surface area contributed by atoms with E-state index in [2.05, 4.69) is 111 Å². The van der Waals surface area contributed by atoms with Crippen molar-refractivity contribution in [2.24, 2.45) is 0 Å². The molecule has 0 aliphatic heterocycles. The molecule has 1 amide bonds. The first kappa shape index (κ1) is 41.6. The highest BCUT2D eigenvalue weighted by molar-refractivity contribution is 5.94. The average molecular weight is 746 g/mol. The summed E-state index contributed by atoms with van der Waals surface area (Å²) in [5.41, 5.74) is 5.61. The summed E-state index contributed by atoms with van der Waals surface area (Å²) in [6.07, 6.45) is 20.4. The summed E-state index contributed by atoms with van der Waals surface area (Å²) in [6, 6.07) is 27.6. The summed E-state index contributed by atoms with van der Waals surface area (Å²) in [5, 5.41) is 10.5. The van der Waals surface area contributed by atoms with Crippen LogP contribution in [-0.2, 0) is 41.9 Å². The molecule has 0 saturated heterocycles. The minimum absolute atomic E-state index is 0.0444. The number of nitrogens with zero attached hydrogens (tertiary/aromatic N) is 4. The normalized spacial score (nSPS) is 13.6. The van der Waals surface area contributed by atoms with Crippen LogP contribution in [0.15, 0.2) is 116 Å². The molecule has 6 rings (SSSR count). The second-order valence-electron chi connectivity index (χ2n) is 15.8. The maximum Gasteiger partial charge on any atom is 0.251 e. The molecule has 1 aliphatic carbocycles. The molecule has 0 radical (unpaired) electrons. The van der Waals surface area contributed by atoms with Gasteiger partial charge in [-0.15, -0.1) is 0 Å². The lowest BCUT2D eigenvalue weighted by Crippen LogP contribution is -2.38. The maximum absolute atomic E-state index is 12.5. The monoisotopic (exact) mass is 746 g/mol. The summed E-state index contributed by atoms with van der Waals surface area (Å²) in [5.74, 6) is 0.0551. The lowest BCUT2D eigenvalue weighted by molar-refractivity contribution is 0.0927. The van der Waals surface area contributed by atoms with Gasteiger partial charge in [-0.25, -0.2) is 9.97 Å². The Morgan fingerprint density at radius 2 is 1.25 bits per heavy atom. The van der Waals surface area contributed by atoms with E-state index in [9.17, 15) is 4.79 Å². The van der Waals surface area contributed by atoms with Gasteiger partial charge >= 0.3 is 0 Å². The van der Waals surface area contributed by atoms with Gasteiger partial charge in [0.2, 0.25) is 0 Å². The van der Waals surface area contributed by atoms with Crippen LogP contribution in [-0.4, -0.2) is 50.7 Å². The molecule has 9 nitrogen and oxygen atoms in total. The fraction of sp³-hybridized carbons (Fsp3) is 0.457. The molecule has 1 fully saturated rings. The Balaban J connectivity index is 0.000000211. The van der Waals surface area contributed by atoms with Crippen molar-refractivity contribution >= 4 is 5.91 Å².